The molecule has 0 bridgehead atoms. The molecule has 178 valence electrons. The molecule has 0 aliphatic rings. The summed E-state index contributed by atoms with van der Waals surface area (Å²) in [6.07, 6.45) is 1.23. The number of aliphatic carboxylic acids is 1. The molecule has 0 radical (unpaired) electrons. The SMILES string of the molecule is CCC(C)C(NC(=O)C(N)Cc1ccccc1)C(=O)NCC(=O)NC(CC(C)C)C(=O)O. The van der Waals surface area contributed by atoms with Crippen LogP contribution in [0.4, 0.5) is 0 Å². The molecular formula is C23H36N4O5. The molecular weight excluding hydrogens is 412 g/mol. The molecule has 9 nitrogen and oxygen atoms in total. The Kier molecular flexibility index (Phi) is 11.4. The van der Waals surface area contributed by atoms with Crippen molar-refractivity contribution < 1.29 is 24.3 Å². The van der Waals surface area contributed by atoms with Gasteiger partial charge in [-0.1, -0.05) is 64.4 Å². The molecule has 0 spiro atoms. The van der Waals surface area contributed by atoms with Gasteiger partial charge in [-0.3, -0.25) is 14.4 Å². The lowest BCUT2D eigenvalue weighted by atomic mass is 9.97. The monoisotopic (exact) mass is 448 g/mol. The van der Waals surface area contributed by atoms with Crippen molar-refractivity contribution in [3.63, 3.8) is 0 Å². The highest BCUT2D eigenvalue weighted by molar-refractivity contribution is 5.92. The lowest BCUT2D eigenvalue weighted by Crippen LogP contribution is -2.56. The van der Waals surface area contributed by atoms with Crippen LogP contribution in [0, 0.1) is 11.8 Å². The first-order chi connectivity index (χ1) is 15.0. The molecule has 0 aromatic heterocycles. The summed E-state index contributed by atoms with van der Waals surface area (Å²) < 4.78 is 0. The van der Waals surface area contributed by atoms with Crippen molar-refractivity contribution in [2.45, 2.75) is 65.1 Å². The summed E-state index contributed by atoms with van der Waals surface area (Å²) in [5, 5.41) is 16.8. The topological polar surface area (TPSA) is 151 Å². The maximum atomic E-state index is 12.7. The van der Waals surface area contributed by atoms with Crippen LogP contribution in [0.25, 0.3) is 0 Å². The highest BCUT2D eigenvalue weighted by atomic mass is 16.4. The van der Waals surface area contributed by atoms with Crippen molar-refractivity contribution in [1.29, 1.82) is 0 Å². The Bertz CT molecular complexity index is 769. The average Bonchev–Trinajstić information content (AvgIpc) is 2.74. The second kappa shape index (κ2) is 13.5. The molecule has 0 saturated heterocycles. The summed E-state index contributed by atoms with van der Waals surface area (Å²) in [6, 6.07) is 6.60. The number of carboxylic acids is 1. The summed E-state index contributed by atoms with van der Waals surface area (Å²) in [5.74, 6) is -2.83. The van der Waals surface area contributed by atoms with E-state index in [2.05, 4.69) is 16.0 Å². The largest absolute Gasteiger partial charge is 0.480 e. The molecule has 0 heterocycles. The van der Waals surface area contributed by atoms with Crippen LogP contribution in [0.5, 0.6) is 0 Å². The second-order valence-corrected chi connectivity index (χ2v) is 8.47. The fourth-order valence-corrected chi connectivity index (χ4v) is 3.14. The van der Waals surface area contributed by atoms with E-state index in [0.29, 0.717) is 12.8 Å². The van der Waals surface area contributed by atoms with Gasteiger partial charge in [-0.2, -0.15) is 0 Å². The van der Waals surface area contributed by atoms with E-state index >= 15 is 0 Å². The third kappa shape index (κ3) is 9.47. The molecule has 0 fully saturated rings. The number of hydrogen-bond donors (Lipinski definition) is 5. The Hall–Kier alpha value is -2.94. The van der Waals surface area contributed by atoms with Crippen molar-refractivity contribution in [1.82, 2.24) is 16.0 Å². The van der Waals surface area contributed by atoms with Crippen molar-refractivity contribution in [2.24, 2.45) is 17.6 Å². The van der Waals surface area contributed by atoms with Gasteiger partial charge >= 0.3 is 5.97 Å². The van der Waals surface area contributed by atoms with Crippen molar-refractivity contribution >= 4 is 23.7 Å². The minimum Gasteiger partial charge on any atom is -0.480 e. The molecule has 6 N–H and O–H groups in total. The summed E-state index contributed by atoms with van der Waals surface area (Å²) in [4.78, 5) is 48.7. The first kappa shape index (κ1) is 27.1. The smallest absolute Gasteiger partial charge is 0.326 e. The Balaban J connectivity index is 2.68. The maximum Gasteiger partial charge on any atom is 0.326 e. The number of nitrogens with one attached hydrogen (secondary N) is 3. The van der Waals surface area contributed by atoms with Gasteiger partial charge < -0.3 is 26.8 Å². The van der Waals surface area contributed by atoms with Crippen LogP contribution in [0.2, 0.25) is 0 Å². The molecule has 9 heteroatoms. The molecule has 0 aliphatic heterocycles. The maximum absolute atomic E-state index is 12.7. The van der Waals surface area contributed by atoms with Crippen LogP contribution >= 0.6 is 0 Å². The van der Waals surface area contributed by atoms with E-state index in [9.17, 15) is 24.3 Å². The lowest BCUT2D eigenvalue weighted by molar-refractivity contribution is -0.142. The third-order valence-electron chi connectivity index (χ3n) is 5.19. The molecule has 32 heavy (non-hydrogen) atoms. The van der Waals surface area contributed by atoms with E-state index in [1.165, 1.54) is 0 Å². The summed E-state index contributed by atoms with van der Waals surface area (Å²) in [6.45, 7) is 7.02. The summed E-state index contributed by atoms with van der Waals surface area (Å²) in [7, 11) is 0. The van der Waals surface area contributed by atoms with Gasteiger partial charge in [-0.15, -0.1) is 0 Å². The van der Waals surface area contributed by atoms with E-state index in [4.69, 9.17) is 5.73 Å². The number of carbonyl (C=O) groups is 4. The van der Waals surface area contributed by atoms with E-state index in [1.54, 1.807) is 0 Å². The van der Waals surface area contributed by atoms with E-state index in [1.807, 2.05) is 58.0 Å². The summed E-state index contributed by atoms with van der Waals surface area (Å²) in [5.41, 5.74) is 6.93. The van der Waals surface area contributed by atoms with Crippen LogP contribution in [0.3, 0.4) is 0 Å². The van der Waals surface area contributed by atoms with Gasteiger partial charge in [0.2, 0.25) is 17.7 Å². The molecule has 1 aromatic carbocycles. The zero-order valence-corrected chi connectivity index (χ0v) is 19.3. The first-order valence-corrected chi connectivity index (χ1v) is 10.9. The first-order valence-electron chi connectivity index (χ1n) is 10.9. The van der Waals surface area contributed by atoms with Gasteiger partial charge in [-0.05, 0) is 30.2 Å². The van der Waals surface area contributed by atoms with Crippen LogP contribution in [-0.4, -0.2) is 53.5 Å². The molecule has 4 atom stereocenters. The van der Waals surface area contributed by atoms with Gasteiger partial charge in [0.25, 0.3) is 0 Å². The quantitative estimate of drug-likeness (QED) is 0.301. The number of hydrogen-bond acceptors (Lipinski definition) is 5. The zero-order chi connectivity index (χ0) is 24.3. The van der Waals surface area contributed by atoms with E-state index in [0.717, 1.165) is 5.56 Å². The molecule has 4 unspecified atom stereocenters. The highest BCUT2D eigenvalue weighted by Crippen LogP contribution is 2.09. The van der Waals surface area contributed by atoms with Gasteiger partial charge in [0.1, 0.15) is 12.1 Å². The van der Waals surface area contributed by atoms with Gasteiger partial charge in [0.05, 0.1) is 12.6 Å². The lowest BCUT2D eigenvalue weighted by Gasteiger charge is -2.25. The van der Waals surface area contributed by atoms with Crippen LogP contribution in [-0.2, 0) is 25.6 Å². The molecule has 3 amide bonds. The Morgan fingerprint density at radius 2 is 1.62 bits per heavy atom. The fraction of sp³-hybridized carbons (Fsp3) is 0.565. The standard InChI is InChI=1S/C23H36N4O5/c1-5-15(4)20(27-21(29)17(24)12-16-9-7-6-8-10-16)22(30)25-13-19(28)26-18(23(31)32)11-14(2)3/h6-10,14-15,17-18,20H,5,11-13,24H2,1-4H3,(H,25,30)(H,26,28)(H,27,29)(H,31,32). The number of rotatable bonds is 13. The number of nitrogens with two attached hydrogens (primary N) is 1. The van der Waals surface area contributed by atoms with Crippen molar-refractivity contribution in [3.8, 4) is 0 Å². The molecule has 0 saturated carbocycles. The van der Waals surface area contributed by atoms with Gasteiger partial charge in [0, 0.05) is 0 Å². The number of carbonyl (C=O) groups excluding carboxylic acids is 3. The minimum atomic E-state index is -1.13. The highest BCUT2D eigenvalue weighted by Gasteiger charge is 2.28. The van der Waals surface area contributed by atoms with E-state index in [-0.39, 0.29) is 24.8 Å². The number of amides is 3. The predicted octanol–water partition coefficient (Wildman–Crippen LogP) is 0.819. The second-order valence-electron chi connectivity index (χ2n) is 8.47. The minimum absolute atomic E-state index is 0.0797. The van der Waals surface area contributed by atoms with E-state index < -0.39 is 41.8 Å². The molecule has 0 aliphatic carbocycles. The third-order valence-corrected chi connectivity index (χ3v) is 5.19. The van der Waals surface area contributed by atoms with Crippen LogP contribution < -0.4 is 21.7 Å². The predicted molar refractivity (Wildman–Crippen MR) is 122 cm³/mol. The number of benzene rings is 1. The number of carboxylic acid groups (broad SMARTS) is 1. The van der Waals surface area contributed by atoms with Gasteiger partial charge in [-0.25, -0.2) is 4.79 Å². The van der Waals surface area contributed by atoms with Crippen LogP contribution in [0.15, 0.2) is 30.3 Å². The van der Waals surface area contributed by atoms with Crippen molar-refractivity contribution in [3.05, 3.63) is 35.9 Å². The zero-order valence-electron chi connectivity index (χ0n) is 19.3. The molecule has 1 rings (SSSR count). The Morgan fingerprint density at radius 1 is 1.00 bits per heavy atom. The van der Waals surface area contributed by atoms with Gasteiger partial charge in [0.15, 0.2) is 0 Å². The summed E-state index contributed by atoms with van der Waals surface area (Å²) >= 11 is 0. The Morgan fingerprint density at radius 3 is 2.16 bits per heavy atom. The van der Waals surface area contributed by atoms with Crippen LogP contribution in [0.1, 0.15) is 46.1 Å². The Labute approximate surface area is 189 Å². The van der Waals surface area contributed by atoms with Crippen molar-refractivity contribution in [2.75, 3.05) is 6.54 Å². The molecule has 1 aromatic rings. The normalized spacial score (nSPS) is 14.7. The fourth-order valence-electron chi connectivity index (χ4n) is 3.14. The average molecular weight is 449 g/mol.